The summed E-state index contributed by atoms with van der Waals surface area (Å²) in [6, 6.07) is 20.8. The number of carbonyl (C=O) groups excluding carboxylic acids is 1. The van der Waals surface area contributed by atoms with E-state index in [-0.39, 0.29) is 88.6 Å². The molecule has 2 saturated carbocycles. The number of oxime groups is 1. The van der Waals surface area contributed by atoms with Gasteiger partial charge in [0, 0.05) is 50.1 Å². The van der Waals surface area contributed by atoms with Crippen LogP contribution in [0.5, 0.6) is 17.2 Å². The highest BCUT2D eigenvalue weighted by Crippen LogP contribution is 2.62. The van der Waals surface area contributed by atoms with E-state index in [1.54, 1.807) is 24.3 Å². The summed E-state index contributed by atoms with van der Waals surface area (Å²) < 4.78 is 26.8. The van der Waals surface area contributed by atoms with Gasteiger partial charge in [0.25, 0.3) is 5.69 Å². The third-order valence-corrected chi connectivity index (χ3v) is 13.8. The lowest BCUT2D eigenvalue weighted by Gasteiger charge is -2.60. The number of fused-ring (bicyclic) bond motifs is 2. The number of rotatable bonds is 26. The number of aliphatic hydroxyl groups is 3. The Balaban J connectivity index is 1.41. The van der Waals surface area contributed by atoms with Crippen molar-refractivity contribution in [2.24, 2.45) is 28.8 Å². The first-order valence-corrected chi connectivity index (χ1v) is 23.9. The molecule has 6 unspecified atom stereocenters. The lowest BCUT2D eigenvalue weighted by atomic mass is 9.55. The molecule has 3 aromatic rings. The first-order chi connectivity index (χ1) is 32.3. The van der Waals surface area contributed by atoms with Crippen LogP contribution in [-0.2, 0) is 25.7 Å². The van der Waals surface area contributed by atoms with Crippen molar-refractivity contribution in [2.75, 3.05) is 46.2 Å². The molecule has 66 heavy (non-hydrogen) atoms. The fraction of sp³-hybridized carbons (Fsp3) is 0.538. The van der Waals surface area contributed by atoms with Crippen LogP contribution in [0, 0.1) is 33.8 Å². The van der Waals surface area contributed by atoms with Crippen LogP contribution in [0.3, 0.4) is 0 Å². The molecule has 356 valence electrons. The number of nitrogens with zero attached hydrogens (tertiary/aromatic N) is 3. The van der Waals surface area contributed by atoms with Crippen molar-refractivity contribution in [3.05, 3.63) is 118 Å². The second-order valence-corrected chi connectivity index (χ2v) is 18.0. The van der Waals surface area contributed by atoms with Gasteiger partial charge in [-0.05, 0) is 85.3 Å². The third kappa shape index (κ3) is 11.7. The summed E-state index contributed by atoms with van der Waals surface area (Å²) in [7, 11) is 0. The van der Waals surface area contributed by atoms with E-state index in [2.05, 4.69) is 12.7 Å². The lowest BCUT2D eigenvalue weighted by Crippen LogP contribution is -2.70. The van der Waals surface area contributed by atoms with Gasteiger partial charge in [-0.15, -0.1) is 6.58 Å². The molecule has 0 bridgehead atoms. The molecule has 4 aliphatic rings. The van der Waals surface area contributed by atoms with Gasteiger partial charge in [0.2, 0.25) is 11.7 Å². The van der Waals surface area contributed by atoms with Crippen LogP contribution in [-0.4, -0.2) is 94.8 Å². The molecule has 3 N–H and O–H groups in total. The molecule has 0 saturated heterocycles. The maximum atomic E-state index is 15.0. The number of nitro groups is 1. The topological polar surface area (TPSA) is 183 Å². The number of unbranched alkanes of at least 4 members (excludes halogenated alkanes) is 2. The zero-order valence-electron chi connectivity index (χ0n) is 38.1. The van der Waals surface area contributed by atoms with Crippen LogP contribution < -0.4 is 9.47 Å². The fourth-order valence-corrected chi connectivity index (χ4v) is 10.8. The van der Waals surface area contributed by atoms with Gasteiger partial charge in [-0.1, -0.05) is 92.2 Å². The fourth-order valence-electron chi connectivity index (χ4n) is 10.8. The highest BCUT2D eigenvalue weighted by atomic mass is 16.7. The Morgan fingerprint density at radius 3 is 2.44 bits per heavy atom. The summed E-state index contributed by atoms with van der Waals surface area (Å²) in [5.74, 6) is -0.497. The molecule has 3 aromatic carbocycles. The SMILES string of the molecule is C=CCOC12Oc3ccc(Oc4cccc([N+](=O)[O-])c4)cc3C3C(CCCCO)C(CCCCO)C=C(C(=NOCc4ccccc4)CC1N(CCOCCO)C(=O)CCC1CCCC1)C32. The van der Waals surface area contributed by atoms with Crippen molar-refractivity contribution in [3.8, 4) is 17.2 Å². The second-order valence-electron chi connectivity index (χ2n) is 18.0. The van der Waals surface area contributed by atoms with Crippen molar-refractivity contribution in [1.82, 2.24) is 4.90 Å². The largest absolute Gasteiger partial charge is 0.459 e. The monoisotopic (exact) mass is 909 g/mol. The Kier molecular flexibility index (Phi) is 17.8. The van der Waals surface area contributed by atoms with E-state index in [9.17, 15) is 30.2 Å². The quantitative estimate of drug-likeness (QED) is 0.0303. The molecule has 0 spiro atoms. The minimum absolute atomic E-state index is 0.0165. The minimum atomic E-state index is -1.45. The smallest absolute Gasteiger partial charge is 0.273 e. The normalized spacial score (nSPS) is 23.9. The number of ether oxygens (including phenoxy) is 4. The van der Waals surface area contributed by atoms with E-state index in [4.69, 9.17) is 28.9 Å². The highest BCUT2D eigenvalue weighted by molar-refractivity contribution is 6.03. The molecule has 1 amide bonds. The number of benzene rings is 3. The summed E-state index contributed by atoms with van der Waals surface area (Å²) in [5, 5.41) is 46.3. The molecule has 7 rings (SSSR count). The van der Waals surface area contributed by atoms with E-state index in [1.807, 2.05) is 47.4 Å². The van der Waals surface area contributed by atoms with Crippen LogP contribution in [0.1, 0.15) is 101 Å². The molecule has 14 nitrogen and oxygen atoms in total. The molecule has 3 aliphatic carbocycles. The zero-order chi connectivity index (χ0) is 46.3. The molecular formula is C52H67N3O11. The summed E-state index contributed by atoms with van der Waals surface area (Å²) in [6.45, 7) is 4.91. The van der Waals surface area contributed by atoms with Gasteiger partial charge in [0.15, 0.2) is 0 Å². The Bertz CT molecular complexity index is 2120. The second kappa shape index (κ2) is 24.1. The van der Waals surface area contributed by atoms with Gasteiger partial charge >= 0.3 is 0 Å². The first-order valence-electron chi connectivity index (χ1n) is 23.9. The summed E-state index contributed by atoms with van der Waals surface area (Å²) in [6.07, 6.45) is 14.3. The van der Waals surface area contributed by atoms with E-state index in [0.717, 1.165) is 61.6 Å². The number of nitro benzene ring substituents is 1. The molecule has 1 heterocycles. The molecule has 14 heteroatoms. The van der Waals surface area contributed by atoms with Gasteiger partial charge in [-0.3, -0.25) is 14.9 Å². The summed E-state index contributed by atoms with van der Waals surface area (Å²) in [5.41, 5.74) is 3.32. The Morgan fingerprint density at radius 2 is 1.70 bits per heavy atom. The number of allylic oxidation sites excluding steroid dienone is 1. The third-order valence-electron chi connectivity index (χ3n) is 13.8. The van der Waals surface area contributed by atoms with Crippen LogP contribution in [0.25, 0.3) is 0 Å². The van der Waals surface area contributed by atoms with E-state index < -0.39 is 22.7 Å². The molecular weight excluding hydrogens is 843 g/mol. The predicted octanol–water partition coefficient (Wildman–Crippen LogP) is 9.03. The predicted molar refractivity (Wildman–Crippen MR) is 250 cm³/mol. The maximum absolute atomic E-state index is 15.0. The minimum Gasteiger partial charge on any atom is -0.459 e. The Hall–Kier alpha value is -5.12. The number of amides is 1. The van der Waals surface area contributed by atoms with Gasteiger partial charge in [0.05, 0.1) is 49.0 Å². The van der Waals surface area contributed by atoms with Crippen molar-refractivity contribution in [2.45, 2.75) is 108 Å². The Morgan fingerprint density at radius 1 is 0.924 bits per heavy atom. The van der Waals surface area contributed by atoms with Crippen LogP contribution in [0.15, 0.2) is 102 Å². The molecule has 6 atom stereocenters. The van der Waals surface area contributed by atoms with E-state index in [1.165, 1.54) is 25.0 Å². The number of aliphatic hydroxyl groups excluding tert-OH is 3. The van der Waals surface area contributed by atoms with Crippen LogP contribution in [0.4, 0.5) is 5.69 Å². The number of non-ortho nitro benzene ring substituents is 1. The van der Waals surface area contributed by atoms with Crippen LogP contribution >= 0.6 is 0 Å². The van der Waals surface area contributed by atoms with Gasteiger partial charge in [0.1, 0.15) is 29.9 Å². The summed E-state index contributed by atoms with van der Waals surface area (Å²) in [4.78, 5) is 34.3. The lowest BCUT2D eigenvalue weighted by molar-refractivity contribution is -0.384. The van der Waals surface area contributed by atoms with Crippen molar-refractivity contribution in [1.29, 1.82) is 0 Å². The van der Waals surface area contributed by atoms with Crippen molar-refractivity contribution < 1.29 is 48.8 Å². The summed E-state index contributed by atoms with van der Waals surface area (Å²) >= 11 is 0. The first kappa shape index (κ1) is 48.8. The zero-order valence-corrected chi connectivity index (χ0v) is 38.1. The molecule has 0 aromatic heterocycles. The average Bonchev–Trinajstić information content (AvgIpc) is 3.86. The molecule has 1 aliphatic heterocycles. The molecule has 0 radical (unpaired) electrons. The van der Waals surface area contributed by atoms with Gasteiger partial charge in [-0.2, -0.15) is 0 Å². The molecule has 2 fully saturated rings. The van der Waals surface area contributed by atoms with Crippen LogP contribution in [0.2, 0.25) is 0 Å². The van der Waals surface area contributed by atoms with Gasteiger partial charge in [-0.25, -0.2) is 0 Å². The number of hydrogen-bond acceptors (Lipinski definition) is 12. The van der Waals surface area contributed by atoms with E-state index in [0.29, 0.717) is 48.1 Å². The Labute approximate surface area is 388 Å². The number of carbonyl (C=O) groups is 1. The van der Waals surface area contributed by atoms with Crippen molar-refractivity contribution >= 4 is 17.3 Å². The standard InChI is InChI=1S/C52H67N3O11/c1-2-29-63-52-48(54(25-30-62-31-28-58)49(59)24-21-37-13-6-7-14-37)35-46(53-64-36-38-15-4-3-5-16-38)44-32-39(17-8-10-26-56)43(20-9-11-27-57)50(51(44)52)45-34-42(22-23-47(45)66-52)65-41-19-12-18-40(33-41)55(60)61/h2-5,12,15-16,18-19,22-23,32-34,37,39,43,48,50-51,56-58H,1,6-11,13-14,17,20-21,24-31,35-36H2. The average molecular weight is 910 g/mol. The van der Waals surface area contributed by atoms with E-state index >= 15 is 0 Å². The maximum Gasteiger partial charge on any atom is 0.273 e. The van der Waals surface area contributed by atoms with Gasteiger partial charge < -0.3 is 44.0 Å². The van der Waals surface area contributed by atoms with Crippen molar-refractivity contribution in [3.63, 3.8) is 0 Å². The highest BCUT2D eigenvalue weighted by Gasteiger charge is 2.65. The number of hydrogen-bond donors (Lipinski definition) is 3.